The number of hydrogen-bond donors (Lipinski definition) is 3. The van der Waals surface area contributed by atoms with Crippen molar-refractivity contribution < 1.29 is 4.79 Å². The third-order valence-corrected chi connectivity index (χ3v) is 5.49. The Bertz CT molecular complexity index is 951. The van der Waals surface area contributed by atoms with Gasteiger partial charge >= 0.3 is 0 Å². The Morgan fingerprint density at radius 1 is 1.42 bits per heavy atom. The maximum absolute atomic E-state index is 11.9. The van der Waals surface area contributed by atoms with Crippen molar-refractivity contribution in [2.24, 2.45) is 0 Å². The van der Waals surface area contributed by atoms with Crippen molar-refractivity contribution in [3.05, 3.63) is 28.8 Å². The number of nitrogens with zero attached hydrogens (tertiary/aromatic N) is 5. The molecule has 4 rings (SSSR count). The third kappa shape index (κ3) is 2.84. The standard InChI is InChI=1S/C16H19BrN8O/c1-9(26)24-3-2-19-4-11(8-24)14-13(17)15(18)25-16(23-14)12(7-22-25)10-5-20-21-6-10/h5-7,11,19H,2-4,8,18H2,1H3,(H,20,21). The zero-order valence-corrected chi connectivity index (χ0v) is 15.8. The molecule has 0 radical (unpaired) electrons. The van der Waals surface area contributed by atoms with Gasteiger partial charge in [0.2, 0.25) is 5.91 Å². The van der Waals surface area contributed by atoms with E-state index < -0.39 is 0 Å². The zero-order chi connectivity index (χ0) is 18.3. The van der Waals surface area contributed by atoms with Crippen molar-refractivity contribution in [3.63, 3.8) is 0 Å². The zero-order valence-electron chi connectivity index (χ0n) is 14.2. The number of aromatic amines is 1. The largest absolute Gasteiger partial charge is 0.383 e. The second kappa shape index (κ2) is 6.69. The molecule has 1 aliphatic heterocycles. The normalized spacial score (nSPS) is 18.2. The molecule has 0 bridgehead atoms. The molecule has 10 heteroatoms. The number of nitrogens with two attached hydrogens (primary N) is 1. The van der Waals surface area contributed by atoms with Gasteiger partial charge in [0.25, 0.3) is 0 Å². The molecule has 0 spiro atoms. The van der Waals surface area contributed by atoms with E-state index in [0.29, 0.717) is 29.0 Å². The van der Waals surface area contributed by atoms with Crippen molar-refractivity contribution in [2.45, 2.75) is 12.8 Å². The van der Waals surface area contributed by atoms with E-state index in [1.165, 1.54) is 0 Å². The Hall–Kier alpha value is -2.46. The summed E-state index contributed by atoms with van der Waals surface area (Å²) in [5.74, 6) is 0.570. The Kier molecular flexibility index (Phi) is 4.37. The average Bonchev–Trinajstić information content (AvgIpc) is 3.22. The van der Waals surface area contributed by atoms with Crippen molar-refractivity contribution >= 4 is 33.3 Å². The van der Waals surface area contributed by atoms with Crippen LogP contribution in [0.3, 0.4) is 0 Å². The van der Waals surface area contributed by atoms with Crippen LogP contribution in [0.25, 0.3) is 16.8 Å². The van der Waals surface area contributed by atoms with Crippen LogP contribution in [0.15, 0.2) is 23.1 Å². The molecule has 1 amide bonds. The van der Waals surface area contributed by atoms with Gasteiger partial charge in [0, 0.05) is 56.3 Å². The first-order valence-electron chi connectivity index (χ1n) is 8.34. The van der Waals surface area contributed by atoms with Crippen LogP contribution in [0, 0.1) is 0 Å². The van der Waals surface area contributed by atoms with E-state index in [9.17, 15) is 4.79 Å². The van der Waals surface area contributed by atoms with E-state index >= 15 is 0 Å². The van der Waals surface area contributed by atoms with Crippen LogP contribution in [-0.4, -0.2) is 61.8 Å². The molecule has 26 heavy (non-hydrogen) atoms. The average molecular weight is 419 g/mol. The van der Waals surface area contributed by atoms with E-state index in [-0.39, 0.29) is 11.8 Å². The number of rotatable bonds is 2. The van der Waals surface area contributed by atoms with E-state index in [1.807, 2.05) is 4.90 Å². The van der Waals surface area contributed by atoms with Gasteiger partial charge in [-0.25, -0.2) is 4.98 Å². The van der Waals surface area contributed by atoms with Crippen LogP contribution < -0.4 is 11.1 Å². The SMILES string of the molecule is CC(=O)N1CCNCC(c2nc3c(-c4cn[nH]c4)cnn3c(N)c2Br)C1. The van der Waals surface area contributed by atoms with Crippen LogP contribution >= 0.6 is 15.9 Å². The van der Waals surface area contributed by atoms with Crippen molar-refractivity contribution in [1.82, 2.24) is 35.0 Å². The molecular formula is C16H19BrN8O. The number of aromatic nitrogens is 5. The number of fused-ring (bicyclic) bond motifs is 1. The minimum Gasteiger partial charge on any atom is -0.383 e. The Labute approximate surface area is 158 Å². The Balaban J connectivity index is 1.83. The van der Waals surface area contributed by atoms with Gasteiger partial charge in [-0.15, -0.1) is 0 Å². The third-order valence-electron chi connectivity index (χ3n) is 4.68. The van der Waals surface area contributed by atoms with Crippen molar-refractivity contribution in [1.29, 1.82) is 0 Å². The lowest BCUT2D eigenvalue weighted by Crippen LogP contribution is -2.34. The van der Waals surface area contributed by atoms with Crippen LogP contribution in [-0.2, 0) is 4.79 Å². The lowest BCUT2D eigenvalue weighted by Gasteiger charge is -2.23. The van der Waals surface area contributed by atoms with E-state index in [1.54, 1.807) is 30.0 Å². The van der Waals surface area contributed by atoms with Gasteiger partial charge in [-0.3, -0.25) is 9.89 Å². The molecule has 1 saturated heterocycles. The summed E-state index contributed by atoms with van der Waals surface area (Å²) in [6.45, 7) is 4.36. The fourth-order valence-electron chi connectivity index (χ4n) is 3.27. The van der Waals surface area contributed by atoms with Crippen LogP contribution in [0.1, 0.15) is 18.5 Å². The first-order chi connectivity index (χ1) is 12.6. The Morgan fingerprint density at radius 2 is 2.27 bits per heavy atom. The number of carbonyl (C=O) groups is 1. The van der Waals surface area contributed by atoms with Gasteiger partial charge in [0.1, 0.15) is 5.82 Å². The van der Waals surface area contributed by atoms with E-state index in [4.69, 9.17) is 10.7 Å². The summed E-state index contributed by atoms with van der Waals surface area (Å²) in [5, 5.41) is 14.5. The van der Waals surface area contributed by atoms with Gasteiger partial charge in [-0.2, -0.15) is 14.7 Å². The monoisotopic (exact) mass is 418 g/mol. The Morgan fingerprint density at radius 3 is 3.00 bits per heavy atom. The molecule has 3 aromatic rings. The fraction of sp³-hybridized carbons (Fsp3) is 0.375. The molecule has 4 N–H and O–H groups in total. The summed E-state index contributed by atoms with van der Waals surface area (Å²) in [6, 6.07) is 0. The fourth-order valence-corrected chi connectivity index (χ4v) is 3.85. The lowest BCUT2D eigenvalue weighted by atomic mass is 10.0. The molecule has 1 atom stereocenters. The minimum atomic E-state index is 0.0233. The molecule has 4 heterocycles. The van der Waals surface area contributed by atoms with Crippen LogP contribution in [0.5, 0.6) is 0 Å². The summed E-state index contributed by atoms with van der Waals surface area (Å²) < 4.78 is 2.33. The number of nitrogens with one attached hydrogen (secondary N) is 2. The highest BCUT2D eigenvalue weighted by Crippen LogP contribution is 2.33. The quantitative estimate of drug-likeness (QED) is 0.571. The van der Waals surface area contributed by atoms with Crippen LogP contribution in [0.2, 0.25) is 0 Å². The highest BCUT2D eigenvalue weighted by molar-refractivity contribution is 9.10. The number of H-pyrrole nitrogens is 1. The molecule has 0 aromatic carbocycles. The topological polar surface area (TPSA) is 117 Å². The summed E-state index contributed by atoms with van der Waals surface area (Å²) in [5.41, 5.74) is 9.55. The van der Waals surface area contributed by atoms with Gasteiger partial charge in [-0.05, 0) is 15.9 Å². The highest BCUT2D eigenvalue weighted by atomic mass is 79.9. The summed E-state index contributed by atoms with van der Waals surface area (Å²) >= 11 is 3.58. The summed E-state index contributed by atoms with van der Waals surface area (Å²) in [4.78, 5) is 18.6. The van der Waals surface area contributed by atoms with Crippen molar-refractivity contribution in [2.75, 3.05) is 31.9 Å². The lowest BCUT2D eigenvalue weighted by molar-refractivity contribution is -0.128. The maximum Gasteiger partial charge on any atom is 0.219 e. The maximum atomic E-state index is 11.9. The molecule has 136 valence electrons. The first kappa shape index (κ1) is 17.0. The smallest absolute Gasteiger partial charge is 0.219 e. The van der Waals surface area contributed by atoms with Crippen molar-refractivity contribution in [3.8, 4) is 11.1 Å². The molecule has 1 aliphatic rings. The molecule has 1 fully saturated rings. The second-order valence-electron chi connectivity index (χ2n) is 6.34. The highest BCUT2D eigenvalue weighted by Gasteiger charge is 2.26. The predicted octanol–water partition coefficient (Wildman–Crippen LogP) is 0.999. The van der Waals surface area contributed by atoms with Gasteiger partial charge in [-0.1, -0.05) is 0 Å². The van der Waals surface area contributed by atoms with Gasteiger partial charge in [0.05, 0.1) is 22.6 Å². The molecular weight excluding hydrogens is 400 g/mol. The van der Waals surface area contributed by atoms with Gasteiger partial charge in [0.15, 0.2) is 5.65 Å². The molecule has 1 unspecified atom stereocenters. The van der Waals surface area contributed by atoms with Crippen LogP contribution in [0.4, 0.5) is 5.82 Å². The number of amides is 1. The molecule has 0 saturated carbocycles. The summed E-state index contributed by atoms with van der Waals surface area (Å²) in [7, 11) is 0. The number of anilines is 1. The molecule has 9 nitrogen and oxygen atoms in total. The second-order valence-corrected chi connectivity index (χ2v) is 7.14. The minimum absolute atomic E-state index is 0.0233. The molecule has 3 aromatic heterocycles. The summed E-state index contributed by atoms with van der Waals surface area (Å²) in [6.07, 6.45) is 5.25. The van der Waals surface area contributed by atoms with E-state index in [0.717, 1.165) is 29.9 Å². The van der Waals surface area contributed by atoms with E-state index in [2.05, 4.69) is 36.5 Å². The first-order valence-corrected chi connectivity index (χ1v) is 9.13. The number of hydrogen-bond acceptors (Lipinski definition) is 6. The number of halogens is 1. The predicted molar refractivity (Wildman–Crippen MR) is 101 cm³/mol. The molecule has 0 aliphatic carbocycles. The number of nitrogen functional groups attached to an aromatic ring is 1. The van der Waals surface area contributed by atoms with Gasteiger partial charge < -0.3 is 16.0 Å². The number of carbonyl (C=O) groups excluding carboxylic acids is 1.